The minimum Gasteiger partial charge on any atom is -0.385 e. The van der Waals surface area contributed by atoms with Crippen LogP contribution < -0.4 is 10.6 Å². The lowest BCUT2D eigenvalue weighted by Gasteiger charge is -2.27. The van der Waals surface area contributed by atoms with Gasteiger partial charge in [-0.3, -0.25) is 29.4 Å². The molecule has 0 bridgehead atoms. The van der Waals surface area contributed by atoms with E-state index in [4.69, 9.17) is 5.53 Å². The van der Waals surface area contributed by atoms with Crippen molar-refractivity contribution in [2.45, 2.75) is 38.1 Å². The highest BCUT2D eigenvalue weighted by Crippen LogP contribution is 2.29. The zero-order chi connectivity index (χ0) is 20.1. The Morgan fingerprint density at radius 2 is 1.93 bits per heavy atom. The fraction of sp³-hybridized carbons (Fsp3) is 0.444. The summed E-state index contributed by atoms with van der Waals surface area (Å²) in [5, 5.41) is 8.85. The summed E-state index contributed by atoms with van der Waals surface area (Å²) in [6, 6.07) is 3.95. The maximum atomic E-state index is 12.7. The van der Waals surface area contributed by atoms with Crippen LogP contribution in [0.4, 0.5) is 5.69 Å². The van der Waals surface area contributed by atoms with Crippen LogP contribution in [0.1, 0.15) is 52.8 Å². The first-order valence-corrected chi connectivity index (χ1v) is 9.13. The van der Waals surface area contributed by atoms with Gasteiger partial charge in [-0.15, -0.1) is 0 Å². The SMILES string of the molecule is [N-]=[N+]=NCCCCCNc1ccc2c(c1)C(=O)N(C1CCC(=O)NC1=O)C2=O. The monoisotopic (exact) mass is 384 g/mol. The van der Waals surface area contributed by atoms with Crippen LogP contribution >= 0.6 is 0 Å². The van der Waals surface area contributed by atoms with Gasteiger partial charge in [-0.05, 0) is 43.0 Å². The third kappa shape index (κ3) is 3.96. The Balaban J connectivity index is 1.62. The summed E-state index contributed by atoms with van der Waals surface area (Å²) in [6.45, 7) is 1.15. The van der Waals surface area contributed by atoms with Crippen LogP contribution in [0.15, 0.2) is 23.3 Å². The van der Waals surface area contributed by atoms with Crippen molar-refractivity contribution in [3.8, 4) is 0 Å². The molecule has 2 aliphatic heterocycles. The number of imide groups is 2. The second-order valence-corrected chi connectivity index (χ2v) is 6.65. The van der Waals surface area contributed by atoms with Gasteiger partial charge in [-0.25, -0.2) is 0 Å². The van der Waals surface area contributed by atoms with Crippen molar-refractivity contribution < 1.29 is 19.2 Å². The molecule has 28 heavy (non-hydrogen) atoms. The van der Waals surface area contributed by atoms with Crippen molar-refractivity contribution in [2.24, 2.45) is 5.11 Å². The van der Waals surface area contributed by atoms with Crippen molar-refractivity contribution in [1.82, 2.24) is 10.2 Å². The Labute approximate surface area is 160 Å². The number of nitrogens with zero attached hydrogens (tertiary/aromatic N) is 4. The molecule has 2 aliphatic rings. The number of amides is 4. The lowest BCUT2D eigenvalue weighted by Crippen LogP contribution is -2.54. The highest BCUT2D eigenvalue weighted by atomic mass is 16.2. The molecule has 2 N–H and O–H groups in total. The topological polar surface area (TPSA) is 144 Å². The Bertz CT molecular complexity index is 877. The predicted molar refractivity (Wildman–Crippen MR) is 99.5 cm³/mol. The van der Waals surface area contributed by atoms with E-state index in [1.54, 1.807) is 18.2 Å². The maximum Gasteiger partial charge on any atom is 0.262 e. The number of anilines is 1. The van der Waals surface area contributed by atoms with Crippen LogP contribution in [0.2, 0.25) is 0 Å². The summed E-state index contributed by atoms with van der Waals surface area (Å²) in [4.78, 5) is 52.4. The fourth-order valence-electron chi connectivity index (χ4n) is 3.34. The number of rotatable bonds is 8. The molecule has 1 aromatic rings. The first-order valence-electron chi connectivity index (χ1n) is 9.13. The predicted octanol–water partition coefficient (Wildman–Crippen LogP) is 1.98. The van der Waals surface area contributed by atoms with Gasteiger partial charge in [0.05, 0.1) is 11.1 Å². The maximum absolute atomic E-state index is 12.7. The van der Waals surface area contributed by atoms with Gasteiger partial charge in [-0.2, -0.15) is 0 Å². The van der Waals surface area contributed by atoms with E-state index in [1.165, 1.54) is 0 Å². The van der Waals surface area contributed by atoms with Crippen LogP contribution in [0.5, 0.6) is 0 Å². The average molecular weight is 384 g/mol. The minimum atomic E-state index is -0.961. The van der Waals surface area contributed by atoms with Crippen molar-refractivity contribution in [3.05, 3.63) is 39.8 Å². The van der Waals surface area contributed by atoms with Crippen molar-refractivity contribution >= 4 is 29.3 Å². The van der Waals surface area contributed by atoms with E-state index in [1.807, 2.05) is 0 Å². The van der Waals surface area contributed by atoms with E-state index in [0.717, 1.165) is 24.2 Å². The summed E-state index contributed by atoms with van der Waals surface area (Å²) >= 11 is 0. The van der Waals surface area contributed by atoms with Crippen molar-refractivity contribution in [1.29, 1.82) is 0 Å². The van der Waals surface area contributed by atoms with Crippen LogP contribution in [-0.2, 0) is 9.59 Å². The number of piperidine rings is 1. The molecular weight excluding hydrogens is 364 g/mol. The van der Waals surface area contributed by atoms with Crippen LogP contribution in [0.25, 0.3) is 10.4 Å². The normalized spacial score (nSPS) is 18.6. The molecule has 0 radical (unpaired) electrons. The second kappa shape index (κ2) is 8.53. The van der Waals surface area contributed by atoms with Crippen LogP contribution in [0.3, 0.4) is 0 Å². The van der Waals surface area contributed by atoms with Gasteiger partial charge < -0.3 is 5.32 Å². The van der Waals surface area contributed by atoms with Gasteiger partial charge in [0.15, 0.2) is 0 Å². The van der Waals surface area contributed by atoms with Crippen LogP contribution in [-0.4, -0.2) is 47.7 Å². The van der Waals surface area contributed by atoms with E-state index < -0.39 is 29.7 Å². The first-order chi connectivity index (χ1) is 13.5. The number of benzene rings is 1. The Morgan fingerprint density at radius 3 is 2.68 bits per heavy atom. The van der Waals surface area contributed by atoms with Gasteiger partial charge in [0.2, 0.25) is 11.8 Å². The van der Waals surface area contributed by atoms with Gasteiger partial charge in [0, 0.05) is 30.1 Å². The van der Waals surface area contributed by atoms with E-state index in [-0.39, 0.29) is 24.0 Å². The Kier molecular flexibility index (Phi) is 5.90. The average Bonchev–Trinajstić information content (AvgIpc) is 2.92. The number of fused-ring (bicyclic) bond motifs is 1. The molecule has 1 atom stereocenters. The highest BCUT2D eigenvalue weighted by molar-refractivity contribution is 6.23. The van der Waals surface area contributed by atoms with E-state index in [2.05, 4.69) is 20.7 Å². The van der Waals surface area contributed by atoms with Crippen LogP contribution in [0, 0.1) is 0 Å². The molecule has 0 aliphatic carbocycles. The third-order valence-electron chi connectivity index (χ3n) is 4.77. The Hall–Kier alpha value is -3.39. The lowest BCUT2D eigenvalue weighted by atomic mass is 10.0. The molecule has 10 heteroatoms. The van der Waals surface area contributed by atoms with Crippen molar-refractivity contribution in [3.63, 3.8) is 0 Å². The number of carbonyl (C=O) groups is 4. The quantitative estimate of drug-likeness (QED) is 0.231. The fourth-order valence-corrected chi connectivity index (χ4v) is 3.34. The molecule has 1 fully saturated rings. The summed E-state index contributed by atoms with van der Waals surface area (Å²) in [6.07, 6.45) is 2.81. The molecular formula is C18H20N6O4. The number of carbonyl (C=O) groups excluding carboxylic acids is 4. The molecule has 0 spiro atoms. The molecule has 1 aromatic carbocycles. The Morgan fingerprint density at radius 1 is 1.14 bits per heavy atom. The van der Waals surface area contributed by atoms with Crippen molar-refractivity contribution in [2.75, 3.05) is 18.4 Å². The largest absolute Gasteiger partial charge is 0.385 e. The number of unbranched alkanes of at least 4 members (excludes halogenated alkanes) is 2. The zero-order valence-electron chi connectivity index (χ0n) is 15.2. The molecule has 1 saturated heterocycles. The molecule has 0 aromatic heterocycles. The summed E-state index contributed by atoms with van der Waals surface area (Å²) in [7, 11) is 0. The van der Waals surface area contributed by atoms with Gasteiger partial charge in [0.25, 0.3) is 11.8 Å². The summed E-state index contributed by atoms with van der Waals surface area (Å²) in [5.74, 6) is -2.06. The molecule has 4 amide bonds. The summed E-state index contributed by atoms with van der Waals surface area (Å²) in [5.41, 5.74) is 9.44. The van der Waals surface area contributed by atoms with Gasteiger partial charge in [-0.1, -0.05) is 11.5 Å². The summed E-state index contributed by atoms with van der Waals surface area (Å²) < 4.78 is 0. The van der Waals surface area contributed by atoms with Gasteiger partial charge >= 0.3 is 0 Å². The third-order valence-corrected chi connectivity index (χ3v) is 4.77. The minimum absolute atomic E-state index is 0.0935. The molecule has 0 saturated carbocycles. The second-order valence-electron chi connectivity index (χ2n) is 6.65. The number of hydrogen-bond acceptors (Lipinski definition) is 6. The molecule has 3 rings (SSSR count). The van der Waals surface area contributed by atoms with E-state index >= 15 is 0 Å². The first kappa shape index (κ1) is 19.4. The number of nitrogens with one attached hydrogen (secondary N) is 2. The molecule has 1 unspecified atom stereocenters. The molecule has 146 valence electrons. The highest BCUT2D eigenvalue weighted by Gasteiger charge is 2.44. The smallest absolute Gasteiger partial charge is 0.262 e. The van der Waals surface area contributed by atoms with E-state index in [9.17, 15) is 19.2 Å². The molecule has 2 heterocycles. The standard InChI is InChI=1S/C18H20N6O4/c19-23-21-9-3-1-2-8-20-11-4-5-12-13(10-11)18(28)24(17(12)27)14-6-7-15(25)22-16(14)26/h4-5,10,14,20H,1-3,6-9H2,(H,22,25,26). The molecule has 10 nitrogen and oxygen atoms in total. The van der Waals surface area contributed by atoms with E-state index in [0.29, 0.717) is 18.8 Å². The lowest BCUT2D eigenvalue weighted by molar-refractivity contribution is -0.136. The zero-order valence-corrected chi connectivity index (χ0v) is 15.2. The number of azide groups is 1. The number of hydrogen-bond donors (Lipinski definition) is 2. The van der Waals surface area contributed by atoms with Gasteiger partial charge in [0.1, 0.15) is 6.04 Å².